The number of nitrogens with zero attached hydrogens (tertiary/aromatic N) is 2. The van der Waals surface area contributed by atoms with Crippen molar-refractivity contribution < 1.29 is 14.0 Å². The Morgan fingerprint density at radius 2 is 2.10 bits per heavy atom. The van der Waals surface area contributed by atoms with Crippen LogP contribution in [0.3, 0.4) is 0 Å². The highest BCUT2D eigenvalue weighted by molar-refractivity contribution is 8.00. The zero-order chi connectivity index (χ0) is 21.8. The molecule has 31 heavy (non-hydrogen) atoms. The quantitative estimate of drug-likeness (QED) is 0.446. The van der Waals surface area contributed by atoms with Gasteiger partial charge in [-0.2, -0.15) is 0 Å². The molecule has 0 fully saturated rings. The van der Waals surface area contributed by atoms with Crippen molar-refractivity contribution in [2.45, 2.75) is 36.3 Å². The van der Waals surface area contributed by atoms with Crippen LogP contribution in [0.1, 0.15) is 31.9 Å². The first kappa shape index (κ1) is 21.1. The van der Waals surface area contributed by atoms with Crippen molar-refractivity contribution in [1.82, 2.24) is 9.97 Å². The van der Waals surface area contributed by atoms with Crippen molar-refractivity contribution in [2.24, 2.45) is 0 Å². The van der Waals surface area contributed by atoms with Crippen molar-refractivity contribution >= 4 is 57.0 Å². The second kappa shape index (κ2) is 9.36. The number of hydrogen-bond acceptors (Lipinski definition) is 8. The third-order valence-corrected chi connectivity index (χ3v) is 6.76. The SMILES string of the molecule is C/C=C(/C)c1cnc(CSc2cnc(NC(=O)CC3Nc4ccccc4NC3=O)s2)o1. The van der Waals surface area contributed by atoms with Crippen molar-refractivity contribution in [3.63, 3.8) is 0 Å². The molecule has 1 aliphatic rings. The Labute approximate surface area is 187 Å². The summed E-state index contributed by atoms with van der Waals surface area (Å²) in [5, 5.41) is 9.17. The van der Waals surface area contributed by atoms with Gasteiger partial charge in [-0.05, 0) is 31.6 Å². The summed E-state index contributed by atoms with van der Waals surface area (Å²) < 4.78 is 6.65. The molecule has 3 N–H and O–H groups in total. The topological polar surface area (TPSA) is 109 Å². The number of carbonyl (C=O) groups is 2. The summed E-state index contributed by atoms with van der Waals surface area (Å²) in [4.78, 5) is 33.2. The second-order valence-electron chi connectivity index (χ2n) is 6.85. The lowest BCUT2D eigenvalue weighted by Crippen LogP contribution is -2.41. The van der Waals surface area contributed by atoms with E-state index in [1.165, 1.54) is 23.1 Å². The molecule has 1 atom stereocenters. The molecule has 8 nitrogen and oxygen atoms in total. The fourth-order valence-electron chi connectivity index (χ4n) is 2.91. The van der Waals surface area contributed by atoms with Crippen LogP contribution in [-0.2, 0) is 15.3 Å². The fraction of sp³-hybridized carbons (Fsp3) is 0.238. The number of aromatic nitrogens is 2. The lowest BCUT2D eigenvalue weighted by Gasteiger charge is -2.26. The van der Waals surface area contributed by atoms with Gasteiger partial charge in [-0.3, -0.25) is 9.59 Å². The van der Waals surface area contributed by atoms with Gasteiger partial charge in [-0.1, -0.05) is 29.5 Å². The number of nitrogens with one attached hydrogen (secondary N) is 3. The molecule has 1 aliphatic heterocycles. The molecule has 0 saturated heterocycles. The monoisotopic (exact) mass is 455 g/mol. The number of anilines is 3. The number of benzene rings is 1. The molecule has 0 aliphatic carbocycles. The first-order valence-corrected chi connectivity index (χ1v) is 11.4. The van der Waals surface area contributed by atoms with E-state index in [0.29, 0.717) is 22.5 Å². The van der Waals surface area contributed by atoms with Crippen LogP contribution in [0.4, 0.5) is 16.5 Å². The second-order valence-corrected chi connectivity index (χ2v) is 9.15. The van der Waals surface area contributed by atoms with Crippen LogP contribution in [0.25, 0.3) is 5.57 Å². The molecule has 160 valence electrons. The lowest BCUT2D eigenvalue weighted by molar-refractivity contribution is -0.122. The Bertz CT molecular complexity index is 1140. The zero-order valence-electron chi connectivity index (χ0n) is 17.0. The van der Waals surface area contributed by atoms with E-state index in [-0.39, 0.29) is 18.2 Å². The zero-order valence-corrected chi connectivity index (χ0v) is 18.6. The molecule has 3 heterocycles. The van der Waals surface area contributed by atoms with Crippen molar-refractivity contribution in [3.05, 3.63) is 54.4 Å². The van der Waals surface area contributed by atoms with E-state index in [9.17, 15) is 9.59 Å². The van der Waals surface area contributed by atoms with Gasteiger partial charge in [0, 0.05) is 0 Å². The first-order chi connectivity index (χ1) is 15.0. The maximum Gasteiger partial charge on any atom is 0.247 e. The maximum absolute atomic E-state index is 12.4. The van der Waals surface area contributed by atoms with Gasteiger partial charge in [0.15, 0.2) is 5.13 Å². The van der Waals surface area contributed by atoms with Gasteiger partial charge < -0.3 is 20.4 Å². The third-order valence-electron chi connectivity index (χ3n) is 4.66. The lowest BCUT2D eigenvalue weighted by atomic mass is 10.1. The molecule has 1 unspecified atom stereocenters. The number of thiazole rings is 1. The van der Waals surface area contributed by atoms with E-state index >= 15 is 0 Å². The van der Waals surface area contributed by atoms with Crippen LogP contribution >= 0.6 is 23.1 Å². The molecule has 3 aromatic rings. The number of rotatable bonds is 7. The van der Waals surface area contributed by atoms with Gasteiger partial charge in [-0.25, -0.2) is 9.97 Å². The number of oxazole rings is 1. The number of hydrogen-bond donors (Lipinski definition) is 3. The molecule has 0 spiro atoms. The molecule has 4 rings (SSSR count). The largest absolute Gasteiger partial charge is 0.440 e. The fourth-order valence-corrected chi connectivity index (χ4v) is 4.65. The Morgan fingerprint density at radius 1 is 1.29 bits per heavy atom. The average molecular weight is 456 g/mol. The minimum atomic E-state index is -0.636. The van der Waals surface area contributed by atoms with Crippen LogP contribution in [0.5, 0.6) is 0 Å². The smallest absolute Gasteiger partial charge is 0.247 e. The summed E-state index contributed by atoms with van der Waals surface area (Å²) in [6.45, 7) is 3.93. The number of thioether (sulfide) groups is 1. The molecule has 0 radical (unpaired) electrons. The summed E-state index contributed by atoms with van der Waals surface area (Å²) in [7, 11) is 0. The number of para-hydroxylation sites is 2. The molecular formula is C21H21N5O3S2. The number of amides is 2. The van der Waals surface area contributed by atoms with Crippen LogP contribution in [0, 0.1) is 0 Å². The Balaban J connectivity index is 1.29. The van der Waals surface area contributed by atoms with Gasteiger partial charge in [0.2, 0.25) is 17.7 Å². The van der Waals surface area contributed by atoms with Crippen LogP contribution in [0.2, 0.25) is 0 Å². The highest BCUT2D eigenvalue weighted by Crippen LogP contribution is 2.31. The molecular weight excluding hydrogens is 434 g/mol. The van der Waals surface area contributed by atoms with Gasteiger partial charge in [-0.15, -0.1) is 11.8 Å². The molecule has 2 aromatic heterocycles. The summed E-state index contributed by atoms with van der Waals surface area (Å²) in [5.74, 6) is 1.45. The summed E-state index contributed by atoms with van der Waals surface area (Å²) in [6.07, 6.45) is 5.40. The summed E-state index contributed by atoms with van der Waals surface area (Å²) >= 11 is 2.90. The van der Waals surface area contributed by atoms with Crippen LogP contribution in [-0.4, -0.2) is 27.8 Å². The Hall–Kier alpha value is -3.11. The Morgan fingerprint density at radius 3 is 2.90 bits per heavy atom. The van der Waals surface area contributed by atoms with E-state index in [0.717, 1.165) is 21.2 Å². The Kier molecular flexibility index (Phi) is 6.38. The maximum atomic E-state index is 12.4. The normalized spacial score (nSPS) is 15.7. The minimum Gasteiger partial charge on any atom is -0.440 e. The first-order valence-electron chi connectivity index (χ1n) is 9.64. The predicted octanol–water partition coefficient (Wildman–Crippen LogP) is 4.61. The van der Waals surface area contributed by atoms with E-state index < -0.39 is 6.04 Å². The third kappa shape index (κ3) is 5.15. The highest BCUT2D eigenvalue weighted by atomic mass is 32.2. The van der Waals surface area contributed by atoms with Crippen LogP contribution < -0.4 is 16.0 Å². The van der Waals surface area contributed by atoms with Gasteiger partial charge in [0.05, 0.1) is 40.2 Å². The molecule has 0 bridgehead atoms. The average Bonchev–Trinajstić information content (AvgIpc) is 3.41. The van der Waals surface area contributed by atoms with Gasteiger partial charge in [0.25, 0.3) is 0 Å². The van der Waals surface area contributed by atoms with E-state index in [1.54, 1.807) is 12.4 Å². The number of carbonyl (C=O) groups excluding carboxylic acids is 2. The number of allylic oxidation sites excluding steroid dienone is 2. The van der Waals surface area contributed by atoms with Gasteiger partial charge >= 0.3 is 0 Å². The standard InChI is InChI=1S/C21H21N5O3S2/c1-3-12(2)16-9-22-18(29-16)11-30-19-10-23-21(31-19)26-17(27)8-15-20(28)25-14-7-5-4-6-13(14)24-15/h3-7,9-10,15,24H,8,11H2,1-2H3,(H,25,28)(H,23,26,27)/b12-3-. The summed E-state index contributed by atoms with van der Waals surface area (Å²) in [5.41, 5.74) is 2.55. The predicted molar refractivity (Wildman–Crippen MR) is 123 cm³/mol. The van der Waals surface area contributed by atoms with Crippen molar-refractivity contribution in [3.8, 4) is 0 Å². The van der Waals surface area contributed by atoms with Crippen molar-refractivity contribution in [2.75, 3.05) is 16.0 Å². The highest BCUT2D eigenvalue weighted by Gasteiger charge is 2.27. The summed E-state index contributed by atoms with van der Waals surface area (Å²) in [6, 6.07) is 6.75. The molecule has 1 aromatic carbocycles. The van der Waals surface area contributed by atoms with E-state index in [1.807, 2.05) is 44.2 Å². The van der Waals surface area contributed by atoms with E-state index in [2.05, 4.69) is 25.9 Å². The molecule has 10 heteroatoms. The molecule has 2 amide bonds. The van der Waals surface area contributed by atoms with Gasteiger partial charge in [0.1, 0.15) is 11.8 Å². The number of fused-ring (bicyclic) bond motifs is 1. The van der Waals surface area contributed by atoms with Crippen molar-refractivity contribution in [1.29, 1.82) is 0 Å². The van der Waals surface area contributed by atoms with E-state index in [4.69, 9.17) is 4.42 Å². The molecule has 0 saturated carbocycles. The van der Waals surface area contributed by atoms with Crippen LogP contribution in [0.15, 0.2) is 51.4 Å². The minimum absolute atomic E-state index is 0.00557.